The summed E-state index contributed by atoms with van der Waals surface area (Å²) in [4.78, 5) is 0. The Morgan fingerprint density at radius 2 is 2.44 bits per heavy atom. The van der Waals surface area contributed by atoms with Gasteiger partial charge in [0.05, 0.1) is 6.54 Å². The highest BCUT2D eigenvalue weighted by atomic mass is 15.3. The molecule has 0 saturated heterocycles. The predicted molar refractivity (Wildman–Crippen MR) is 34.6 cm³/mol. The Bertz CT molecular complexity index is 145. The zero-order chi connectivity index (χ0) is 6.53. The van der Waals surface area contributed by atoms with Crippen LogP contribution in [0.2, 0.25) is 0 Å². The first-order chi connectivity index (χ1) is 4.43. The van der Waals surface area contributed by atoms with Crippen LogP contribution in [0.25, 0.3) is 0 Å². The zero-order valence-electron chi connectivity index (χ0n) is 5.45. The lowest BCUT2D eigenvalue weighted by Gasteiger charge is -1.94. The zero-order valence-corrected chi connectivity index (χ0v) is 5.45. The molecular weight excluding hydrogens is 114 g/mol. The molecule has 1 heterocycles. The van der Waals surface area contributed by atoms with E-state index in [1.165, 1.54) is 0 Å². The lowest BCUT2D eigenvalue weighted by atomic mass is 10.4. The fourth-order valence-electron chi connectivity index (χ4n) is 0.707. The number of quaternary nitrogens is 1. The minimum absolute atomic E-state index is 0.986. The Balaban J connectivity index is 2.30. The van der Waals surface area contributed by atoms with Crippen molar-refractivity contribution >= 4 is 0 Å². The van der Waals surface area contributed by atoms with Crippen molar-refractivity contribution in [1.29, 1.82) is 0 Å². The van der Waals surface area contributed by atoms with Crippen molar-refractivity contribution in [2.75, 3.05) is 6.54 Å². The Morgan fingerprint density at radius 1 is 1.56 bits per heavy atom. The van der Waals surface area contributed by atoms with Gasteiger partial charge in [0.1, 0.15) is 0 Å². The summed E-state index contributed by atoms with van der Waals surface area (Å²) >= 11 is 0. The van der Waals surface area contributed by atoms with Gasteiger partial charge in [-0.25, -0.2) is 0 Å². The summed E-state index contributed by atoms with van der Waals surface area (Å²) < 4.78 is 1.92. The van der Waals surface area contributed by atoms with Gasteiger partial charge in [-0.2, -0.15) is 5.10 Å². The van der Waals surface area contributed by atoms with Crippen molar-refractivity contribution in [1.82, 2.24) is 9.78 Å². The number of hydrogen-bond donors (Lipinski definition) is 1. The van der Waals surface area contributed by atoms with E-state index in [1.54, 1.807) is 6.20 Å². The average Bonchev–Trinajstić information content (AvgIpc) is 2.34. The van der Waals surface area contributed by atoms with Crippen molar-refractivity contribution in [2.24, 2.45) is 0 Å². The lowest BCUT2D eigenvalue weighted by molar-refractivity contribution is -0.368. The van der Waals surface area contributed by atoms with E-state index >= 15 is 0 Å². The van der Waals surface area contributed by atoms with Crippen molar-refractivity contribution < 1.29 is 5.73 Å². The molecular formula is C6H12N3+. The van der Waals surface area contributed by atoms with Gasteiger partial charge in [-0.05, 0) is 6.07 Å². The average molecular weight is 126 g/mol. The molecule has 1 rings (SSSR count). The third kappa shape index (κ3) is 1.85. The van der Waals surface area contributed by atoms with Crippen LogP contribution in [0.5, 0.6) is 0 Å². The maximum Gasteiger partial charge on any atom is 0.0757 e. The van der Waals surface area contributed by atoms with Gasteiger partial charge in [0.25, 0.3) is 0 Å². The number of aromatic nitrogens is 2. The van der Waals surface area contributed by atoms with E-state index in [2.05, 4.69) is 10.8 Å². The van der Waals surface area contributed by atoms with Crippen LogP contribution in [0.1, 0.15) is 6.42 Å². The predicted octanol–water partition coefficient (Wildman–Crippen LogP) is -0.485. The summed E-state index contributed by atoms with van der Waals surface area (Å²) in [6, 6.07) is 1.93. The minimum atomic E-state index is 0.986. The van der Waals surface area contributed by atoms with Crippen LogP contribution in [0, 0.1) is 0 Å². The number of rotatable bonds is 3. The maximum atomic E-state index is 4.04. The van der Waals surface area contributed by atoms with E-state index in [1.807, 2.05) is 16.9 Å². The van der Waals surface area contributed by atoms with Crippen LogP contribution in [-0.2, 0) is 6.54 Å². The molecule has 0 radical (unpaired) electrons. The van der Waals surface area contributed by atoms with Gasteiger partial charge in [0.15, 0.2) is 0 Å². The summed E-state index contributed by atoms with van der Waals surface area (Å²) in [6.45, 7) is 1.98. The smallest absolute Gasteiger partial charge is 0.0757 e. The van der Waals surface area contributed by atoms with E-state index in [4.69, 9.17) is 0 Å². The van der Waals surface area contributed by atoms with Gasteiger partial charge in [0, 0.05) is 25.4 Å². The van der Waals surface area contributed by atoms with E-state index in [-0.39, 0.29) is 0 Å². The molecule has 3 nitrogen and oxygen atoms in total. The molecule has 1 aromatic rings. The SMILES string of the molecule is [NH3+]CCCn1cccn1. The molecule has 0 aromatic carbocycles. The molecule has 0 aliphatic heterocycles. The molecule has 0 spiro atoms. The van der Waals surface area contributed by atoms with Gasteiger partial charge in [-0.1, -0.05) is 0 Å². The molecule has 3 heteroatoms. The third-order valence-electron chi connectivity index (χ3n) is 1.20. The molecule has 0 saturated carbocycles. The standard InChI is InChI=1S/C6H11N3/c7-3-1-5-9-6-2-4-8-9/h2,4,6H,1,3,5,7H2/p+1. The second-order valence-corrected chi connectivity index (χ2v) is 1.98. The number of hydrogen-bond acceptors (Lipinski definition) is 1. The van der Waals surface area contributed by atoms with Crippen LogP contribution in [-0.4, -0.2) is 16.3 Å². The molecule has 50 valence electrons. The summed E-state index contributed by atoms with van der Waals surface area (Å²) in [6.07, 6.45) is 4.88. The van der Waals surface area contributed by atoms with Crippen molar-refractivity contribution in [3.63, 3.8) is 0 Å². The molecule has 1 aromatic heterocycles. The fourth-order valence-corrected chi connectivity index (χ4v) is 0.707. The molecule has 0 atom stereocenters. The highest BCUT2D eigenvalue weighted by Crippen LogP contribution is 1.85. The Kier molecular flexibility index (Phi) is 2.27. The van der Waals surface area contributed by atoms with Crippen molar-refractivity contribution in [2.45, 2.75) is 13.0 Å². The molecule has 0 unspecified atom stereocenters. The maximum absolute atomic E-state index is 4.04. The van der Waals surface area contributed by atoms with E-state index in [0.717, 1.165) is 19.5 Å². The van der Waals surface area contributed by atoms with Gasteiger partial charge in [-0.3, -0.25) is 4.68 Å². The number of aryl methyl sites for hydroxylation is 1. The monoisotopic (exact) mass is 126 g/mol. The molecule has 0 bridgehead atoms. The van der Waals surface area contributed by atoms with Crippen LogP contribution < -0.4 is 5.73 Å². The van der Waals surface area contributed by atoms with Gasteiger partial charge < -0.3 is 5.73 Å². The van der Waals surface area contributed by atoms with Gasteiger partial charge in [0.2, 0.25) is 0 Å². The van der Waals surface area contributed by atoms with Gasteiger partial charge >= 0.3 is 0 Å². The Morgan fingerprint density at radius 3 is 3.00 bits per heavy atom. The third-order valence-corrected chi connectivity index (χ3v) is 1.20. The normalized spacial score (nSPS) is 9.89. The fraction of sp³-hybridized carbons (Fsp3) is 0.500. The second-order valence-electron chi connectivity index (χ2n) is 1.98. The first kappa shape index (κ1) is 6.29. The van der Waals surface area contributed by atoms with E-state index in [0.29, 0.717) is 0 Å². The molecule has 0 fully saturated rings. The quantitative estimate of drug-likeness (QED) is 0.584. The van der Waals surface area contributed by atoms with Crippen molar-refractivity contribution in [3.8, 4) is 0 Å². The first-order valence-electron chi connectivity index (χ1n) is 3.20. The summed E-state index contributed by atoms with van der Waals surface area (Å²) in [5, 5.41) is 4.04. The minimum Gasteiger partial charge on any atom is -0.358 e. The Hall–Kier alpha value is -0.830. The molecule has 0 aliphatic rings. The summed E-state index contributed by atoms with van der Waals surface area (Å²) in [5.41, 5.74) is 3.74. The largest absolute Gasteiger partial charge is 0.358 e. The lowest BCUT2D eigenvalue weighted by Crippen LogP contribution is -2.50. The second kappa shape index (κ2) is 3.25. The van der Waals surface area contributed by atoms with E-state index < -0.39 is 0 Å². The van der Waals surface area contributed by atoms with Gasteiger partial charge in [-0.15, -0.1) is 0 Å². The number of nitrogens with zero attached hydrogens (tertiary/aromatic N) is 2. The molecule has 0 aliphatic carbocycles. The Labute approximate surface area is 54.5 Å². The highest BCUT2D eigenvalue weighted by Gasteiger charge is 1.87. The van der Waals surface area contributed by atoms with Crippen LogP contribution in [0.15, 0.2) is 18.5 Å². The van der Waals surface area contributed by atoms with Crippen LogP contribution >= 0.6 is 0 Å². The topological polar surface area (TPSA) is 45.5 Å². The summed E-state index contributed by atoms with van der Waals surface area (Å²) in [5.74, 6) is 0. The molecule has 3 N–H and O–H groups in total. The molecule has 9 heavy (non-hydrogen) atoms. The molecule has 0 amide bonds. The highest BCUT2D eigenvalue weighted by molar-refractivity contribution is 4.77. The van der Waals surface area contributed by atoms with Crippen LogP contribution in [0.4, 0.5) is 0 Å². The summed E-state index contributed by atoms with van der Waals surface area (Å²) in [7, 11) is 0. The van der Waals surface area contributed by atoms with Crippen LogP contribution in [0.3, 0.4) is 0 Å². The van der Waals surface area contributed by atoms with E-state index in [9.17, 15) is 0 Å². The first-order valence-corrected chi connectivity index (χ1v) is 3.20. The van der Waals surface area contributed by atoms with Crippen molar-refractivity contribution in [3.05, 3.63) is 18.5 Å².